The monoisotopic (exact) mass is 406 g/mol. The average Bonchev–Trinajstić information content (AvgIpc) is 2.78. The van der Waals surface area contributed by atoms with Crippen LogP contribution in [-0.4, -0.2) is 35.5 Å². The molecule has 2 aromatic carbocycles. The molecule has 29 heavy (non-hydrogen) atoms. The molecule has 0 unspecified atom stereocenters. The van der Waals surface area contributed by atoms with Crippen LogP contribution >= 0.6 is 11.8 Å². The number of hydrogen-bond donors (Lipinski definition) is 1. The zero-order valence-corrected chi connectivity index (χ0v) is 16.4. The number of nitrogens with zero attached hydrogens (tertiary/aromatic N) is 1. The maximum absolute atomic E-state index is 12.3. The van der Waals surface area contributed by atoms with Gasteiger partial charge in [-0.05, 0) is 54.8 Å². The molecule has 0 aliphatic carbocycles. The van der Waals surface area contributed by atoms with E-state index < -0.39 is 5.97 Å². The number of carbonyl (C=O) groups is 3. The molecular weight excluding hydrogens is 388 g/mol. The first kappa shape index (κ1) is 20.3. The molecule has 0 atom stereocenters. The fourth-order valence-electron chi connectivity index (χ4n) is 2.53. The van der Waals surface area contributed by atoms with E-state index in [0.29, 0.717) is 27.4 Å². The molecule has 1 heterocycles. The largest absolute Gasteiger partial charge is 0.454 e. The fourth-order valence-corrected chi connectivity index (χ4v) is 3.07. The zero-order valence-electron chi connectivity index (χ0n) is 15.6. The summed E-state index contributed by atoms with van der Waals surface area (Å²) in [5.74, 6) is -1.17. The molecule has 0 saturated carbocycles. The van der Waals surface area contributed by atoms with Crippen LogP contribution in [0.3, 0.4) is 0 Å². The van der Waals surface area contributed by atoms with Crippen LogP contribution in [0.5, 0.6) is 0 Å². The number of hydrogen-bond acceptors (Lipinski definition) is 6. The third-order valence-corrected chi connectivity index (χ3v) is 4.73. The van der Waals surface area contributed by atoms with E-state index >= 15 is 0 Å². The minimum absolute atomic E-state index is 0.236. The first-order valence-electron chi connectivity index (χ1n) is 8.74. The molecular formula is C22H18N2O4S. The van der Waals surface area contributed by atoms with Crippen LogP contribution < -0.4 is 5.32 Å². The molecule has 1 amide bonds. The third kappa shape index (κ3) is 5.30. The van der Waals surface area contributed by atoms with Gasteiger partial charge in [0.1, 0.15) is 5.03 Å². The summed E-state index contributed by atoms with van der Waals surface area (Å²) in [4.78, 5) is 40.8. The molecule has 0 spiro atoms. The maximum Gasteiger partial charge on any atom is 0.341 e. The number of pyridine rings is 1. The van der Waals surface area contributed by atoms with Crippen molar-refractivity contribution in [1.82, 2.24) is 4.98 Å². The fraction of sp³-hybridized carbons (Fsp3) is 0.0909. The minimum Gasteiger partial charge on any atom is -0.454 e. The lowest BCUT2D eigenvalue weighted by Gasteiger charge is -2.08. The molecule has 0 aliphatic rings. The normalized spacial score (nSPS) is 10.2. The van der Waals surface area contributed by atoms with Crippen LogP contribution in [0.2, 0.25) is 0 Å². The highest BCUT2D eigenvalue weighted by Crippen LogP contribution is 2.18. The van der Waals surface area contributed by atoms with Gasteiger partial charge in [-0.3, -0.25) is 9.59 Å². The Morgan fingerprint density at radius 2 is 1.66 bits per heavy atom. The molecule has 7 heteroatoms. The molecule has 0 radical (unpaired) electrons. The smallest absolute Gasteiger partial charge is 0.341 e. The standard InChI is InChI=1S/C22H18N2O4S/c1-29-21-18(8-5-13-23-21)22(27)28-14-19(25)15-9-11-17(12-10-15)24-20(26)16-6-3-2-4-7-16/h2-13H,14H2,1H3,(H,24,26). The predicted molar refractivity (Wildman–Crippen MR) is 111 cm³/mol. The topological polar surface area (TPSA) is 85.4 Å². The molecule has 0 aliphatic heterocycles. The second-order valence-corrected chi connectivity index (χ2v) is 6.75. The highest BCUT2D eigenvalue weighted by Gasteiger charge is 2.16. The van der Waals surface area contributed by atoms with Gasteiger partial charge in [0, 0.05) is 23.0 Å². The van der Waals surface area contributed by atoms with E-state index in [1.165, 1.54) is 11.8 Å². The summed E-state index contributed by atoms with van der Waals surface area (Å²) in [5.41, 5.74) is 1.81. The van der Waals surface area contributed by atoms with Crippen molar-refractivity contribution in [2.24, 2.45) is 0 Å². The first-order valence-corrected chi connectivity index (χ1v) is 9.97. The molecule has 3 rings (SSSR count). The summed E-state index contributed by atoms with van der Waals surface area (Å²) in [7, 11) is 0. The highest BCUT2D eigenvalue weighted by atomic mass is 32.2. The lowest BCUT2D eigenvalue weighted by Crippen LogP contribution is -2.15. The van der Waals surface area contributed by atoms with E-state index in [2.05, 4.69) is 10.3 Å². The lowest BCUT2D eigenvalue weighted by molar-refractivity contribution is 0.0470. The van der Waals surface area contributed by atoms with Gasteiger partial charge in [0.2, 0.25) is 0 Å². The molecule has 0 fully saturated rings. The van der Waals surface area contributed by atoms with E-state index in [1.807, 2.05) is 12.3 Å². The molecule has 1 N–H and O–H groups in total. The SMILES string of the molecule is CSc1ncccc1C(=O)OCC(=O)c1ccc(NC(=O)c2ccccc2)cc1. The quantitative estimate of drug-likeness (QED) is 0.361. The Morgan fingerprint density at radius 3 is 2.34 bits per heavy atom. The lowest BCUT2D eigenvalue weighted by atomic mass is 10.1. The molecule has 1 aromatic heterocycles. The Kier molecular flexibility index (Phi) is 6.76. The number of rotatable bonds is 7. The Bertz CT molecular complexity index is 1020. The van der Waals surface area contributed by atoms with Crippen LogP contribution in [0.15, 0.2) is 78.0 Å². The summed E-state index contributed by atoms with van der Waals surface area (Å²) in [6, 6.07) is 18.5. The third-order valence-electron chi connectivity index (χ3n) is 4.02. The van der Waals surface area contributed by atoms with Gasteiger partial charge < -0.3 is 10.1 Å². The van der Waals surface area contributed by atoms with E-state index in [1.54, 1.807) is 66.9 Å². The second kappa shape index (κ2) is 9.66. The zero-order chi connectivity index (χ0) is 20.6. The number of nitrogens with one attached hydrogen (secondary N) is 1. The summed E-state index contributed by atoms with van der Waals surface area (Å²) in [6.45, 7) is -0.378. The predicted octanol–water partition coefficient (Wildman–Crippen LogP) is 4.10. The number of carbonyl (C=O) groups excluding carboxylic acids is 3. The summed E-state index contributed by atoms with van der Waals surface area (Å²) in [5, 5.41) is 3.31. The van der Waals surface area contributed by atoms with Crippen LogP contribution in [-0.2, 0) is 4.74 Å². The summed E-state index contributed by atoms with van der Waals surface area (Å²) in [6.07, 6.45) is 3.40. The van der Waals surface area contributed by atoms with Crippen LogP contribution in [0.4, 0.5) is 5.69 Å². The van der Waals surface area contributed by atoms with E-state index in [0.717, 1.165) is 0 Å². The van der Waals surface area contributed by atoms with Crippen LogP contribution in [0.1, 0.15) is 31.1 Å². The minimum atomic E-state index is -0.595. The highest BCUT2D eigenvalue weighted by molar-refractivity contribution is 7.98. The Morgan fingerprint density at radius 1 is 0.931 bits per heavy atom. The van der Waals surface area contributed by atoms with Crippen molar-refractivity contribution in [2.45, 2.75) is 5.03 Å². The van der Waals surface area contributed by atoms with Crippen molar-refractivity contribution in [3.8, 4) is 0 Å². The number of amides is 1. The molecule has 146 valence electrons. The van der Waals surface area contributed by atoms with Crippen LogP contribution in [0, 0.1) is 0 Å². The van der Waals surface area contributed by atoms with Gasteiger partial charge >= 0.3 is 5.97 Å². The van der Waals surface area contributed by atoms with Gasteiger partial charge in [-0.15, -0.1) is 11.8 Å². The number of thioether (sulfide) groups is 1. The number of esters is 1. The maximum atomic E-state index is 12.3. The number of benzene rings is 2. The number of ketones is 1. The van der Waals surface area contributed by atoms with Crippen molar-refractivity contribution >= 4 is 35.1 Å². The Balaban J connectivity index is 1.57. The number of ether oxygens (including phenoxy) is 1. The summed E-state index contributed by atoms with van der Waals surface area (Å²) < 4.78 is 5.13. The molecule has 0 saturated heterocycles. The van der Waals surface area contributed by atoms with Crippen LogP contribution in [0.25, 0.3) is 0 Å². The van der Waals surface area contributed by atoms with Gasteiger partial charge in [-0.1, -0.05) is 18.2 Å². The van der Waals surface area contributed by atoms with Crippen molar-refractivity contribution in [1.29, 1.82) is 0 Å². The van der Waals surface area contributed by atoms with Gasteiger partial charge in [0.15, 0.2) is 12.4 Å². The Hall–Kier alpha value is -3.45. The first-order chi connectivity index (χ1) is 14.1. The summed E-state index contributed by atoms with van der Waals surface area (Å²) >= 11 is 1.33. The Labute approximate surface area is 172 Å². The number of Topliss-reactive ketones (excluding diaryl/α,β-unsaturated/α-hetero) is 1. The van der Waals surface area contributed by atoms with E-state index in [-0.39, 0.29) is 18.3 Å². The number of aromatic nitrogens is 1. The average molecular weight is 406 g/mol. The van der Waals surface area contributed by atoms with Gasteiger partial charge in [0.25, 0.3) is 5.91 Å². The van der Waals surface area contributed by atoms with Gasteiger partial charge in [-0.25, -0.2) is 9.78 Å². The van der Waals surface area contributed by atoms with Crippen molar-refractivity contribution < 1.29 is 19.1 Å². The van der Waals surface area contributed by atoms with Crippen molar-refractivity contribution in [2.75, 3.05) is 18.2 Å². The van der Waals surface area contributed by atoms with Gasteiger partial charge in [-0.2, -0.15) is 0 Å². The molecule has 3 aromatic rings. The van der Waals surface area contributed by atoms with Crippen molar-refractivity contribution in [3.63, 3.8) is 0 Å². The van der Waals surface area contributed by atoms with Crippen molar-refractivity contribution in [3.05, 3.63) is 89.6 Å². The van der Waals surface area contributed by atoms with Gasteiger partial charge in [0.05, 0.1) is 5.56 Å². The second-order valence-electron chi connectivity index (χ2n) is 5.96. The van der Waals surface area contributed by atoms with E-state index in [4.69, 9.17) is 4.74 Å². The molecule has 0 bridgehead atoms. The number of anilines is 1. The molecule has 6 nitrogen and oxygen atoms in total. The van der Waals surface area contributed by atoms with E-state index in [9.17, 15) is 14.4 Å².